The molecule has 2 fully saturated rings. The molecule has 1 aliphatic heterocycles. The van der Waals surface area contributed by atoms with Gasteiger partial charge in [-0.25, -0.2) is 0 Å². The molecular formula is C17H24Cl2N2. The lowest BCUT2D eigenvalue weighted by Crippen LogP contribution is -2.38. The molecule has 2 nitrogen and oxygen atoms in total. The molecule has 0 aromatic heterocycles. The Balaban J connectivity index is 2.01. The Morgan fingerprint density at radius 3 is 2.48 bits per heavy atom. The van der Waals surface area contributed by atoms with E-state index in [2.05, 4.69) is 10.2 Å². The number of benzene rings is 1. The van der Waals surface area contributed by atoms with Crippen LogP contribution in [0.4, 0.5) is 0 Å². The van der Waals surface area contributed by atoms with Crippen LogP contribution in [0.2, 0.25) is 10.0 Å². The van der Waals surface area contributed by atoms with Crippen molar-refractivity contribution in [3.05, 3.63) is 33.8 Å². The van der Waals surface area contributed by atoms with Crippen LogP contribution < -0.4 is 5.32 Å². The molecule has 2 unspecified atom stereocenters. The van der Waals surface area contributed by atoms with Gasteiger partial charge >= 0.3 is 0 Å². The van der Waals surface area contributed by atoms with Crippen LogP contribution in [0.3, 0.4) is 0 Å². The second-order valence-electron chi connectivity index (χ2n) is 6.36. The van der Waals surface area contributed by atoms with Gasteiger partial charge in [0, 0.05) is 27.7 Å². The maximum atomic E-state index is 6.54. The summed E-state index contributed by atoms with van der Waals surface area (Å²) in [4.78, 5) is 2.68. The molecule has 0 spiro atoms. The lowest BCUT2D eigenvalue weighted by molar-refractivity contribution is 0.146. The smallest absolute Gasteiger partial charge is 0.0468 e. The van der Waals surface area contributed by atoms with Crippen LogP contribution >= 0.6 is 23.2 Å². The van der Waals surface area contributed by atoms with E-state index in [0.29, 0.717) is 12.0 Å². The standard InChI is InChI=1S/C17H24Cl2N2/c1-20-11-12-5-2-3-10-21(13-8-9-13)17(12)16-14(18)6-4-7-15(16)19/h4,6-7,12-13,17,20H,2-3,5,8-11H2,1H3. The molecule has 1 N–H and O–H groups in total. The average molecular weight is 327 g/mol. The fourth-order valence-corrected chi connectivity index (χ4v) is 4.38. The molecule has 3 rings (SSSR count). The number of hydrogen-bond donors (Lipinski definition) is 1. The van der Waals surface area contributed by atoms with Crippen LogP contribution in [0.5, 0.6) is 0 Å². The predicted octanol–water partition coefficient (Wildman–Crippen LogP) is 4.52. The fraction of sp³-hybridized carbons (Fsp3) is 0.647. The van der Waals surface area contributed by atoms with E-state index in [4.69, 9.17) is 23.2 Å². The van der Waals surface area contributed by atoms with Gasteiger partial charge in [0.15, 0.2) is 0 Å². The van der Waals surface area contributed by atoms with E-state index < -0.39 is 0 Å². The summed E-state index contributed by atoms with van der Waals surface area (Å²) in [6.07, 6.45) is 6.48. The lowest BCUT2D eigenvalue weighted by Gasteiger charge is -2.36. The van der Waals surface area contributed by atoms with Gasteiger partial charge < -0.3 is 5.32 Å². The summed E-state index contributed by atoms with van der Waals surface area (Å²) >= 11 is 13.1. The van der Waals surface area contributed by atoms with E-state index in [1.165, 1.54) is 38.6 Å². The number of halogens is 2. The Labute approximate surface area is 137 Å². The molecule has 1 aromatic carbocycles. The molecule has 1 aromatic rings. The van der Waals surface area contributed by atoms with Crippen LogP contribution in [0.25, 0.3) is 0 Å². The third-order valence-corrected chi connectivity index (χ3v) is 5.48. The minimum Gasteiger partial charge on any atom is -0.319 e. The Morgan fingerprint density at radius 2 is 1.86 bits per heavy atom. The summed E-state index contributed by atoms with van der Waals surface area (Å²) < 4.78 is 0. The molecule has 4 heteroatoms. The van der Waals surface area contributed by atoms with Crippen molar-refractivity contribution in [2.75, 3.05) is 20.1 Å². The third kappa shape index (κ3) is 3.39. The van der Waals surface area contributed by atoms with Gasteiger partial charge in [0.1, 0.15) is 0 Å². The molecule has 2 atom stereocenters. The van der Waals surface area contributed by atoms with E-state index in [9.17, 15) is 0 Å². The molecule has 1 saturated carbocycles. The van der Waals surface area contributed by atoms with Gasteiger partial charge in [-0.2, -0.15) is 0 Å². The first-order chi connectivity index (χ1) is 10.2. The van der Waals surface area contributed by atoms with E-state index in [-0.39, 0.29) is 0 Å². The van der Waals surface area contributed by atoms with Gasteiger partial charge in [-0.05, 0) is 63.9 Å². The molecular weight excluding hydrogens is 303 g/mol. The van der Waals surface area contributed by atoms with Gasteiger partial charge in [-0.15, -0.1) is 0 Å². The summed E-state index contributed by atoms with van der Waals surface area (Å²) in [6, 6.07) is 7.00. The van der Waals surface area contributed by atoms with Crippen LogP contribution in [0.15, 0.2) is 18.2 Å². The van der Waals surface area contributed by atoms with E-state index in [0.717, 1.165) is 28.2 Å². The first-order valence-electron chi connectivity index (χ1n) is 8.06. The van der Waals surface area contributed by atoms with Crippen molar-refractivity contribution in [1.29, 1.82) is 0 Å². The minimum atomic E-state index is 0.355. The number of nitrogens with one attached hydrogen (secondary N) is 1. The van der Waals surface area contributed by atoms with Crippen LogP contribution in [0, 0.1) is 5.92 Å². The number of hydrogen-bond acceptors (Lipinski definition) is 2. The van der Waals surface area contributed by atoms with Crippen molar-refractivity contribution in [2.45, 2.75) is 44.2 Å². The van der Waals surface area contributed by atoms with Gasteiger partial charge in [-0.1, -0.05) is 35.7 Å². The van der Waals surface area contributed by atoms with Crippen molar-refractivity contribution in [2.24, 2.45) is 5.92 Å². The average Bonchev–Trinajstić information content (AvgIpc) is 3.27. The minimum absolute atomic E-state index is 0.355. The zero-order valence-electron chi connectivity index (χ0n) is 12.6. The number of nitrogens with zero attached hydrogens (tertiary/aromatic N) is 1. The van der Waals surface area contributed by atoms with Crippen LogP contribution in [-0.2, 0) is 0 Å². The van der Waals surface area contributed by atoms with Gasteiger partial charge in [0.25, 0.3) is 0 Å². The van der Waals surface area contributed by atoms with Gasteiger partial charge in [0.05, 0.1) is 0 Å². The molecule has 0 radical (unpaired) electrons. The molecule has 2 aliphatic rings. The van der Waals surface area contributed by atoms with E-state index in [1.807, 2.05) is 25.2 Å². The Morgan fingerprint density at radius 1 is 1.14 bits per heavy atom. The maximum absolute atomic E-state index is 6.54. The highest BCUT2D eigenvalue weighted by molar-refractivity contribution is 6.36. The zero-order valence-corrected chi connectivity index (χ0v) is 14.1. The molecule has 0 amide bonds. The third-order valence-electron chi connectivity index (χ3n) is 4.82. The Hall–Kier alpha value is -0.280. The molecule has 1 aliphatic carbocycles. The van der Waals surface area contributed by atoms with Crippen LogP contribution in [0.1, 0.15) is 43.7 Å². The van der Waals surface area contributed by atoms with Gasteiger partial charge in [-0.3, -0.25) is 4.90 Å². The SMILES string of the molecule is CNCC1CCCCN(C2CC2)C1c1c(Cl)cccc1Cl. The van der Waals surface area contributed by atoms with Crippen molar-refractivity contribution >= 4 is 23.2 Å². The maximum Gasteiger partial charge on any atom is 0.0468 e. The summed E-state index contributed by atoms with van der Waals surface area (Å²) in [5.41, 5.74) is 1.15. The van der Waals surface area contributed by atoms with E-state index in [1.54, 1.807) is 0 Å². The highest BCUT2D eigenvalue weighted by atomic mass is 35.5. The monoisotopic (exact) mass is 326 g/mol. The molecule has 21 heavy (non-hydrogen) atoms. The summed E-state index contributed by atoms with van der Waals surface area (Å²) in [6.45, 7) is 2.20. The zero-order chi connectivity index (χ0) is 14.8. The molecule has 1 saturated heterocycles. The predicted molar refractivity (Wildman–Crippen MR) is 90.2 cm³/mol. The second kappa shape index (κ2) is 6.87. The number of rotatable bonds is 4. The van der Waals surface area contributed by atoms with Crippen molar-refractivity contribution < 1.29 is 0 Å². The highest BCUT2D eigenvalue weighted by Crippen LogP contribution is 2.45. The highest BCUT2D eigenvalue weighted by Gasteiger charge is 2.40. The second-order valence-corrected chi connectivity index (χ2v) is 7.18. The van der Waals surface area contributed by atoms with Crippen molar-refractivity contribution in [1.82, 2.24) is 10.2 Å². The van der Waals surface area contributed by atoms with Crippen molar-refractivity contribution in [3.63, 3.8) is 0 Å². The molecule has 1 heterocycles. The van der Waals surface area contributed by atoms with Crippen molar-refractivity contribution in [3.8, 4) is 0 Å². The quantitative estimate of drug-likeness (QED) is 0.875. The Bertz CT molecular complexity index is 467. The number of likely N-dealkylation sites (tertiary alicyclic amines) is 1. The van der Waals surface area contributed by atoms with E-state index >= 15 is 0 Å². The summed E-state index contributed by atoms with van der Waals surface area (Å²) in [5.74, 6) is 0.579. The van der Waals surface area contributed by atoms with Gasteiger partial charge in [0.2, 0.25) is 0 Å². The summed E-state index contributed by atoms with van der Waals surface area (Å²) in [5, 5.41) is 5.01. The molecule has 0 bridgehead atoms. The fourth-order valence-electron chi connectivity index (χ4n) is 3.76. The topological polar surface area (TPSA) is 15.3 Å². The Kier molecular flexibility index (Phi) is 5.11. The largest absolute Gasteiger partial charge is 0.319 e. The first-order valence-corrected chi connectivity index (χ1v) is 8.82. The summed E-state index contributed by atoms with van der Waals surface area (Å²) in [7, 11) is 2.04. The first kappa shape index (κ1) is 15.6. The van der Waals surface area contributed by atoms with Crippen LogP contribution in [-0.4, -0.2) is 31.1 Å². The normalized spacial score (nSPS) is 27.6. The lowest BCUT2D eigenvalue weighted by atomic mass is 9.88. The molecule has 116 valence electrons.